The number of piperidine rings is 1. The van der Waals surface area contributed by atoms with E-state index < -0.39 is 0 Å². The Morgan fingerprint density at radius 3 is 2.78 bits per heavy atom. The number of hydrogen-bond acceptors (Lipinski definition) is 2. The van der Waals surface area contributed by atoms with Gasteiger partial charge in [0.25, 0.3) is 0 Å². The fourth-order valence-corrected chi connectivity index (χ4v) is 2.86. The number of benzene rings is 1. The van der Waals surface area contributed by atoms with E-state index in [1.165, 1.54) is 36.9 Å². The summed E-state index contributed by atoms with van der Waals surface area (Å²) < 4.78 is 0. The van der Waals surface area contributed by atoms with E-state index in [1.54, 1.807) is 0 Å². The van der Waals surface area contributed by atoms with Crippen LogP contribution in [0.3, 0.4) is 0 Å². The molecule has 1 aromatic rings. The van der Waals surface area contributed by atoms with Gasteiger partial charge in [0.1, 0.15) is 6.29 Å². The SMILES string of the molecule is Cc1cc(C=O)c(C)c(CN2CCCC[C@H]2C)c1. The van der Waals surface area contributed by atoms with Gasteiger partial charge in [-0.2, -0.15) is 0 Å². The van der Waals surface area contributed by atoms with Crippen LogP contribution >= 0.6 is 0 Å². The van der Waals surface area contributed by atoms with Gasteiger partial charge in [0.05, 0.1) is 0 Å². The second-order valence-electron chi connectivity index (χ2n) is 5.57. The molecule has 1 fully saturated rings. The minimum Gasteiger partial charge on any atom is -0.298 e. The number of nitrogens with zero attached hydrogens (tertiary/aromatic N) is 1. The predicted molar refractivity (Wildman–Crippen MR) is 75.0 cm³/mol. The second kappa shape index (κ2) is 5.66. The lowest BCUT2D eigenvalue weighted by Gasteiger charge is -2.33. The molecule has 0 aliphatic carbocycles. The number of aldehydes is 1. The van der Waals surface area contributed by atoms with Gasteiger partial charge in [-0.25, -0.2) is 0 Å². The van der Waals surface area contributed by atoms with E-state index in [-0.39, 0.29) is 0 Å². The van der Waals surface area contributed by atoms with Crippen molar-refractivity contribution in [2.24, 2.45) is 0 Å². The van der Waals surface area contributed by atoms with Crippen molar-refractivity contribution < 1.29 is 4.79 Å². The van der Waals surface area contributed by atoms with Gasteiger partial charge in [-0.15, -0.1) is 0 Å². The summed E-state index contributed by atoms with van der Waals surface area (Å²) in [5.74, 6) is 0. The van der Waals surface area contributed by atoms with Crippen molar-refractivity contribution in [1.82, 2.24) is 4.90 Å². The zero-order chi connectivity index (χ0) is 13.1. The number of aryl methyl sites for hydroxylation is 1. The van der Waals surface area contributed by atoms with Gasteiger partial charge >= 0.3 is 0 Å². The maximum atomic E-state index is 11.1. The molecule has 0 amide bonds. The molecule has 1 saturated heterocycles. The third-order valence-corrected chi connectivity index (χ3v) is 4.14. The van der Waals surface area contributed by atoms with Crippen molar-refractivity contribution in [3.8, 4) is 0 Å². The summed E-state index contributed by atoms with van der Waals surface area (Å²) >= 11 is 0. The lowest BCUT2D eigenvalue weighted by atomic mass is 9.97. The molecule has 1 aliphatic heterocycles. The van der Waals surface area contributed by atoms with Crippen LogP contribution in [-0.2, 0) is 6.54 Å². The highest BCUT2D eigenvalue weighted by atomic mass is 16.1. The number of rotatable bonds is 3. The van der Waals surface area contributed by atoms with Crippen molar-refractivity contribution in [2.75, 3.05) is 6.54 Å². The number of carbonyl (C=O) groups is 1. The van der Waals surface area contributed by atoms with Crippen LogP contribution < -0.4 is 0 Å². The Balaban J connectivity index is 2.22. The Hall–Kier alpha value is -1.15. The highest BCUT2D eigenvalue weighted by molar-refractivity contribution is 5.78. The lowest BCUT2D eigenvalue weighted by Crippen LogP contribution is -2.37. The molecular weight excluding hydrogens is 222 g/mol. The van der Waals surface area contributed by atoms with Crippen LogP contribution in [0.1, 0.15) is 53.2 Å². The Bertz CT molecular complexity index is 439. The van der Waals surface area contributed by atoms with Crippen molar-refractivity contribution in [3.05, 3.63) is 34.4 Å². The number of carbonyl (C=O) groups excluding carboxylic acids is 1. The highest BCUT2D eigenvalue weighted by Gasteiger charge is 2.19. The van der Waals surface area contributed by atoms with E-state index in [0.29, 0.717) is 6.04 Å². The Morgan fingerprint density at radius 1 is 1.33 bits per heavy atom. The third kappa shape index (κ3) is 2.81. The van der Waals surface area contributed by atoms with E-state index in [0.717, 1.165) is 24.0 Å². The number of likely N-dealkylation sites (tertiary alicyclic amines) is 1. The molecule has 0 unspecified atom stereocenters. The van der Waals surface area contributed by atoms with E-state index in [9.17, 15) is 4.79 Å². The quantitative estimate of drug-likeness (QED) is 0.760. The maximum Gasteiger partial charge on any atom is 0.150 e. The fraction of sp³-hybridized carbons (Fsp3) is 0.562. The van der Waals surface area contributed by atoms with Gasteiger partial charge in [0, 0.05) is 18.2 Å². The maximum absolute atomic E-state index is 11.1. The molecule has 0 aromatic heterocycles. The summed E-state index contributed by atoms with van der Waals surface area (Å²) in [5, 5.41) is 0. The summed E-state index contributed by atoms with van der Waals surface area (Å²) in [6.45, 7) is 8.61. The van der Waals surface area contributed by atoms with Crippen LogP contribution in [0.4, 0.5) is 0 Å². The molecule has 98 valence electrons. The van der Waals surface area contributed by atoms with Crippen molar-refractivity contribution >= 4 is 6.29 Å². The summed E-state index contributed by atoms with van der Waals surface area (Å²) in [5.41, 5.74) is 4.48. The number of hydrogen-bond donors (Lipinski definition) is 0. The zero-order valence-corrected chi connectivity index (χ0v) is 11.7. The average Bonchev–Trinajstić information content (AvgIpc) is 2.36. The molecule has 0 N–H and O–H groups in total. The summed E-state index contributed by atoms with van der Waals surface area (Å²) in [7, 11) is 0. The minimum atomic E-state index is 0.665. The van der Waals surface area contributed by atoms with Crippen LogP contribution in [0.5, 0.6) is 0 Å². The molecule has 2 nitrogen and oxygen atoms in total. The smallest absolute Gasteiger partial charge is 0.150 e. The van der Waals surface area contributed by atoms with Crippen molar-refractivity contribution in [2.45, 2.75) is 52.6 Å². The molecule has 1 atom stereocenters. The fourth-order valence-electron chi connectivity index (χ4n) is 2.86. The molecule has 18 heavy (non-hydrogen) atoms. The van der Waals surface area contributed by atoms with E-state index in [2.05, 4.69) is 31.7 Å². The minimum absolute atomic E-state index is 0.665. The molecule has 1 heterocycles. The Morgan fingerprint density at radius 2 is 2.11 bits per heavy atom. The summed E-state index contributed by atoms with van der Waals surface area (Å²) in [6.07, 6.45) is 4.93. The molecule has 1 aliphatic rings. The van der Waals surface area contributed by atoms with Gasteiger partial charge in [0.2, 0.25) is 0 Å². The van der Waals surface area contributed by atoms with Crippen LogP contribution in [0.15, 0.2) is 12.1 Å². The molecule has 0 saturated carbocycles. The Kier molecular flexibility index (Phi) is 4.18. The van der Waals surface area contributed by atoms with Crippen molar-refractivity contribution in [3.63, 3.8) is 0 Å². The molecule has 0 radical (unpaired) electrons. The van der Waals surface area contributed by atoms with Gasteiger partial charge < -0.3 is 0 Å². The van der Waals surface area contributed by atoms with Crippen LogP contribution in [0.25, 0.3) is 0 Å². The van der Waals surface area contributed by atoms with Crippen molar-refractivity contribution in [1.29, 1.82) is 0 Å². The average molecular weight is 245 g/mol. The van der Waals surface area contributed by atoms with Crippen LogP contribution in [0, 0.1) is 13.8 Å². The molecule has 2 rings (SSSR count). The van der Waals surface area contributed by atoms with Gasteiger partial charge in [0.15, 0.2) is 0 Å². The lowest BCUT2D eigenvalue weighted by molar-refractivity contribution is 0.112. The normalized spacial score (nSPS) is 20.9. The second-order valence-corrected chi connectivity index (χ2v) is 5.57. The van der Waals surface area contributed by atoms with Gasteiger partial charge in [-0.3, -0.25) is 9.69 Å². The summed E-state index contributed by atoms with van der Waals surface area (Å²) in [4.78, 5) is 13.6. The molecular formula is C16H23NO. The monoisotopic (exact) mass is 245 g/mol. The van der Waals surface area contributed by atoms with Gasteiger partial charge in [-0.05, 0) is 57.4 Å². The van der Waals surface area contributed by atoms with Crippen LogP contribution in [0.2, 0.25) is 0 Å². The first-order valence-corrected chi connectivity index (χ1v) is 6.91. The zero-order valence-electron chi connectivity index (χ0n) is 11.7. The van der Waals surface area contributed by atoms with Gasteiger partial charge in [-0.1, -0.05) is 18.1 Å². The standard InChI is InChI=1S/C16H23NO/c1-12-8-15(14(3)16(9-12)11-18)10-17-7-5-4-6-13(17)2/h8-9,11,13H,4-7,10H2,1-3H3/t13-/m1/s1. The topological polar surface area (TPSA) is 20.3 Å². The Labute approximate surface area is 110 Å². The van der Waals surface area contributed by atoms with E-state index in [1.807, 2.05) is 6.07 Å². The third-order valence-electron chi connectivity index (χ3n) is 4.14. The van der Waals surface area contributed by atoms with Crippen LogP contribution in [-0.4, -0.2) is 23.8 Å². The molecule has 0 spiro atoms. The highest BCUT2D eigenvalue weighted by Crippen LogP contribution is 2.22. The van der Waals surface area contributed by atoms with E-state index in [4.69, 9.17) is 0 Å². The molecule has 0 bridgehead atoms. The first-order chi connectivity index (χ1) is 8.61. The summed E-state index contributed by atoms with van der Waals surface area (Å²) in [6, 6.07) is 4.87. The largest absolute Gasteiger partial charge is 0.298 e. The predicted octanol–water partition coefficient (Wildman–Crippen LogP) is 3.49. The molecule has 2 heteroatoms. The first-order valence-electron chi connectivity index (χ1n) is 6.91. The molecule has 1 aromatic carbocycles. The first kappa shape index (κ1) is 13.3. The van der Waals surface area contributed by atoms with E-state index >= 15 is 0 Å².